The summed E-state index contributed by atoms with van der Waals surface area (Å²) in [4.78, 5) is 4.32. The monoisotopic (exact) mass is 331 g/mol. The molecule has 3 fully saturated rings. The minimum atomic E-state index is -0.0983. The van der Waals surface area contributed by atoms with E-state index in [2.05, 4.69) is 15.6 Å². The van der Waals surface area contributed by atoms with Crippen LogP contribution in [-0.2, 0) is 10.2 Å². The Labute approximate surface area is 142 Å². The molecule has 5 heteroatoms. The van der Waals surface area contributed by atoms with Gasteiger partial charge in [0, 0.05) is 31.5 Å². The van der Waals surface area contributed by atoms with E-state index < -0.39 is 0 Å². The second-order valence-electron chi connectivity index (χ2n) is 7.44. The predicted molar refractivity (Wildman–Crippen MR) is 92.7 cm³/mol. The number of aliphatic imine (C=N–C) groups is 1. The maximum Gasteiger partial charge on any atom is 0.191 e. The third-order valence-corrected chi connectivity index (χ3v) is 5.88. The van der Waals surface area contributed by atoms with E-state index in [1.807, 2.05) is 12.1 Å². The second kappa shape index (κ2) is 6.36. The van der Waals surface area contributed by atoms with Gasteiger partial charge in [-0.2, -0.15) is 0 Å². The highest BCUT2D eigenvalue weighted by Gasteiger charge is 2.46. The fourth-order valence-corrected chi connectivity index (χ4v) is 4.24. The first kappa shape index (κ1) is 15.9. The molecule has 130 valence electrons. The summed E-state index contributed by atoms with van der Waals surface area (Å²) in [6, 6.07) is 7.13. The Morgan fingerprint density at radius 1 is 1.29 bits per heavy atom. The number of fused-ring (bicyclic) bond motifs is 2. The highest BCUT2D eigenvalue weighted by atomic mass is 19.1. The van der Waals surface area contributed by atoms with Gasteiger partial charge in [0.1, 0.15) is 5.82 Å². The van der Waals surface area contributed by atoms with Crippen molar-refractivity contribution in [2.75, 3.05) is 20.1 Å². The molecule has 0 spiro atoms. The molecule has 0 aromatic heterocycles. The van der Waals surface area contributed by atoms with Crippen molar-refractivity contribution in [1.82, 2.24) is 10.6 Å². The molecule has 0 radical (unpaired) electrons. The number of hydrogen-bond acceptors (Lipinski definition) is 2. The first-order valence-electron chi connectivity index (χ1n) is 9.05. The van der Waals surface area contributed by atoms with Gasteiger partial charge in [-0.1, -0.05) is 18.2 Å². The quantitative estimate of drug-likeness (QED) is 0.644. The Kier molecular flexibility index (Phi) is 4.21. The molecule has 4 nitrogen and oxygen atoms in total. The van der Waals surface area contributed by atoms with Gasteiger partial charge in [0.05, 0.1) is 12.2 Å². The molecule has 2 saturated heterocycles. The fraction of sp³-hybridized carbons (Fsp3) is 0.632. The first-order valence-corrected chi connectivity index (χ1v) is 9.05. The molecular weight excluding hydrogens is 305 g/mol. The predicted octanol–water partition coefficient (Wildman–Crippen LogP) is 2.59. The van der Waals surface area contributed by atoms with Crippen molar-refractivity contribution in [1.29, 1.82) is 0 Å². The number of guanidine groups is 1. The Morgan fingerprint density at radius 2 is 2.12 bits per heavy atom. The molecule has 2 heterocycles. The summed E-state index contributed by atoms with van der Waals surface area (Å²) >= 11 is 0. The van der Waals surface area contributed by atoms with Gasteiger partial charge in [0.15, 0.2) is 5.96 Å². The lowest BCUT2D eigenvalue weighted by atomic mass is 9.89. The number of ether oxygens (including phenoxy) is 1. The molecule has 1 aromatic carbocycles. The van der Waals surface area contributed by atoms with Crippen LogP contribution in [0.25, 0.3) is 0 Å². The van der Waals surface area contributed by atoms with Crippen molar-refractivity contribution >= 4 is 5.96 Å². The summed E-state index contributed by atoms with van der Waals surface area (Å²) in [5.74, 6) is 1.29. The minimum Gasteiger partial charge on any atom is -0.375 e. The van der Waals surface area contributed by atoms with Crippen LogP contribution < -0.4 is 10.6 Å². The van der Waals surface area contributed by atoms with Crippen LogP contribution in [-0.4, -0.2) is 38.3 Å². The minimum absolute atomic E-state index is 0.0709. The van der Waals surface area contributed by atoms with Crippen LogP contribution >= 0.6 is 0 Å². The Balaban J connectivity index is 1.30. The van der Waals surface area contributed by atoms with Crippen LogP contribution in [0.3, 0.4) is 0 Å². The van der Waals surface area contributed by atoms with E-state index in [1.165, 1.54) is 12.8 Å². The number of nitrogens with one attached hydrogen (secondary N) is 2. The third kappa shape index (κ3) is 3.02. The highest BCUT2D eigenvalue weighted by molar-refractivity contribution is 5.79. The molecule has 0 unspecified atom stereocenters. The Hall–Kier alpha value is -1.62. The molecule has 3 atom stereocenters. The Bertz CT molecular complexity index is 629. The van der Waals surface area contributed by atoms with Crippen molar-refractivity contribution in [3.63, 3.8) is 0 Å². The molecule has 24 heavy (non-hydrogen) atoms. The molecule has 2 bridgehead atoms. The van der Waals surface area contributed by atoms with Crippen molar-refractivity contribution in [3.8, 4) is 0 Å². The summed E-state index contributed by atoms with van der Waals surface area (Å²) < 4.78 is 20.0. The molecule has 2 aliphatic heterocycles. The largest absolute Gasteiger partial charge is 0.375 e. The van der Waals surface area contributed by atoms with Gasteiger partial charge in [-0.15, -0.1) is 0 Å². The lowest BCUT2D eigenvalue weighted by Gasteiger charge is -2.22. The van der Waals surface area contributed by atoms with Crippen LogP contribution in [0, 0.1) is 11.7 Å². The smallest absolute Gasteiger partial charge is 0.191 e. The van der Waals surface area contributed by atoms with Crippen molar-refractivity contribution in [2.24, 2.45) is 10.9 Å². The maximum absolute atomic E-state index is 14.1. The van der Waals surface area contributed by atoms with Gasteiger partial charge in [0.25, 0.3) is 0 Å². The molecular formula is C19H26FN3O. The van der Waals surface area contributed by atoms with E-state index in [4.69, 9.17) is 4.74 Å². The van der Waals surface area contributed by atoms with Crippen LogP contribution in [0.5, 0.6) is 0 Å². The summed E-state index contributed by atoms with van der Waals surface area (Å²) in [5.41, 5.74) is 0.757. The van der Waals surface area contributed by atoms with Crippen LogP contribution in [0.1, 0.15) is 37.7 Å². The van der Waals surface area contributed by atoms with Crippen molar-refractivity contribution < 1.29 is 9.13 Å². The summed E-state index contributed by atoms with van der Waals surface area (Å²) in [7, 11) is 1.79. The fourth-order valence-electron chi connectivity index (χ4n) is 4.24. The molecule has 0 amide bonds. The lowest BCUT2D eigenvalue weighted by Crippen LogP contribution is -2.44. The number of nitrogens with zero attached hydrogens (tertiary/aromatic N) is 1. The zero-order valence-corrected chi connectivity index (χ0v) is 14.2. The van der Waals surface area contributed by atoms with E-state index >= 15 is 0 Å². The van der Waals surface area contributed by atoms with Crippen LogP contribution in [0.15, 0.2) is 29.3 Å². The topological polar surface area (TPSA) is 45.7 Å². The molecule has 2 N–H and O–H groups in total. The van der Waals surface area contributed by atoms with Gasteiger partial charge >= 0.3 is 0 Å². The van der Waals surface area contributed by atoms with Gasteiger partial charge in [-0.3, -0.25) is 4.99 Å². The maximum atomic E-state index is 14.1. The summed E-state index contributed by atoms with van der Waals surface area (Å²) in [6.07, 6.45) is 6.53. The standard InChI is InChI=1S/C19H26FN3O/c1-21-18(22-11-13-10-14-6-7-17(13)24-14)23-12-19(8-9-19)15-4-2-3-5-16(15)20/h2-5,13-14,17H,6-12H2,1H3,(H2,21,22,23)/t13-,14-,17-/m1/s1. The zero-order chi connectivity index (χ0) is 16.6. The van der Waals surface area contributed by atoms with Crippen molar-refractivity contribution in [3.05, 3.63) is 35.6 Å². The van der Waals surface area contributed by atoms with Gasteiger partial charge in [-0.25, -0.2) is 4.39 Å². The number of halogens is 1. The molecule has 4 rings (SSSR count). The molecule has 1 aliphatic carbocycles. The summed E-state index contributed by atoms with van der Waals surface area (Å²) in [5, 5.41) is 6.83. The van der Waals surface area contributed by atoms with Gasteiger partial charge < -0.3 is 15.4 Å². The van der Waals surface area contributed by atoms with E-state index in [0.29, 0.717) is 18.1 Å². The molecule has 3 aliphatic rings. The zero-order valence-electron chi connectivity index (χ0n) is 14.2. The molecule has 1 saturated carbocycles. The number of hydrogen-bond donors (Lipinski definition) is 2. The first-order chi connectivity index (χ1) is 11.7. The van der Waals surface area contributed by atoms with Gasteiger partial charge in [-0.05, 0) is 43.7 Å². The number of rotatable bonds is 5. The number of benzene rings is 1. The SMILES string of the molecule is CN=C(NC[C@H]1C[C@H]2CC[C@H]1O2)NCC1(c2ccccc2F)CC1. The van der Waals surface area contributed by atoms with E-state index in [1.54, 1.807) is 19.2 Å². The van der Waals surface area contributed by atoms with Crippen LogP contribution in [0.4, 0.5) is 4.39 Å². The normalized spacial score (nSPS) is 30.4. The Morgan fingerprint density at radius 3 is 2.75 bits per heavy atom. The van der Waals surface area contributed by atoms with Crippen molar-refractivity contribution in [2.45, 2.75) is 49.7 Å². The second-order valence-corrected chi connectivity index (χ2v) is 7.44. The highest BCUT2D eigenvalue weighted by Crippen LogP contribution is 2.48. The van der Waals surface area contributed by atoms with E-state index in [9.17, 15) is 4.39 Å². The van der Waals surface area contributed by atoms with Crippen LogP contribution in [0.2, 0.25) is 0 Å². The van der Waals surface area contributed by atoms with Gasteiger partial charge in [0.2, 0.25) is 0 Å². The van der Waals surface area contributed by atoms with E-state index in [0.717, 1.165) is 43.9 Å². The molecule has 1 aromatic rings. The average molecular weight is 331 g/mol. The van der Waals surface area contributed by atoms with E-state index in [-0.39, 0.29) is 11.2 Å². The average Bonchev–Trinajstić information content (AvgIpc) is 3.08. The summed E-state index contributed by atoms with van der Waals surface area (Å²) in [6.45, 7) is 1.62. The third-order valence-electron chi connectivity index (χ3n) is 5.88. The lowest BCUT2D eigenvalue weighted by molar-refractivity contribution is 0.0930.